The van der Waals surface area contributed by atoms with Crippen molar-refractivity contribution in [2.24, 2.45) is 0 Å². The average Bonchev–Trinajstić information content (AvgIpc) is 3.63. The standard InChI is InChI=1S/C28H27N7O3S/c36-25(34-37)9-8-18-4-6-19(7-5-18)15-29-16-20-14-24-26(39-20)28(35-10-12-38-13-11-35)32-27(31-24)21-2-1-3-23-22(21)17-30-33-23/h1-9,14,17,29,37H,10-13,15-16H2,(H,30,33)(H,34,36). The van der Waals surface area contributed by atoms with Crippen molar-refractivity contribution in [2.45, 2.75) is 13.1 Å². The summed E-state index contributed by atoms with van der Waals surface area (Å²) in [6.07, 6.45) is 4.75. The first-order valence-electron chi connectivity index (χ1n) is 12.7. The maximum absolute atomic E-state index is 11.2. The molecule has 4 heterocycles. The zero-order chi connectivity index (χ0) is 26.6. The number of amides is 1. The second-order valence-electron chi connectivity index (χ2n) is 9.19. The van der Waals surface area contributed by atoms with E-state index in [1.165, 1.54) is 11.0 Å². The first-order valence-corrected chi connectivity index (χ1v) is 13.5. The van der Waals surface area contributed by atoms with Crippen molar-refractivity contribution in [2.75, 3.05) is 31.2 Å². The zero-order valence-electron chi connectivity index (χ0n) is 21.1. The molecule has 0 unspecified atom stereocenters. The number of thiophene rings is 1. The fourth-order valence-corrected chi connectivity index (χ4v) is 5.69. The Morgan fingerprint density at radius 2 is 1.97 bits per heavy atom. The van der Waals surface area contributed by atoms with Crippen LogP contribution in [-0.4, -0.2) is 57.6 Å². The van der Waals surface area contributed by atoms with E-state index in [0.29, 0.717) is 32.1 Å². The topological polar surface area (TPSA) is 128 Å². The van der Waals surface area contributed by atoms with E-state index in [9.17, 15) is 4.79 Å². The lowest BCUT2D eigenvalue weighted by atomic mass is 10.1. The molecule has 0 aliphatic carbocycles. The van der Waals surface area contributed by atoms with Crippen LogP contribution in [0.2, 0.25) is 0 Å². The number of aromatic nitrogens is 4. The zero-order valence-corrected chi connectivity index (χ0v) is 21.9. The smallest absolute Gasteiger partial charge is 0.267 e. The van der Waals surface area contributed by atoms with E-state index in [-0.39, 0.29) is 0 Å². The molecule has 0 saturated carbocycles. The average molecular weight is 542 g/mol. The van der Waals surface area contributed by atoms with Gasteiger partial charge < -0.3 is 15.0 Å². The summed E-state index contributed by atoms with van der Waals surface area (Å²) in [5.74, 6) is 1.09. The number of morpholine rings is 1. The highest BCUT2D eigenvalue weighted by atomic mass is 32.1. The van der Waals surface area contributed by atoms with Crippen molar-refractivity contribution in [3.8, 4) is 11.4 Å². The van der Waals surface area contributed by atoms with Crippen LogP contribution in [0.15, 0.2) is 60.8 Å². The summed E-state index contributed by atoms with van der Waals surface area (Å²) in [5.41, 5.74) is 6.44. The van der Waals surface area contributed by atoms with E-state index in [1.807, 2.05) is 48.7 Å². The maximum atomic E-state index is 11.2. The third-order valence-electron chi connectivity index (χ3n) is 6.59. The maximum Gasteiger partial charge on any atom is 0.267 e. The lowest BCUT2D eigenvalue weighted by molar-refractivity contribution is -0.124. The Morgan fingerprint density at radius 3 is 2.79 bits per heavy atom. The number of nitrogens with one attached hydrogen (secondary N) is 3. The van der Waals surface area contributed by atoms with Gasteiger partial charge in [0.05, 0.1) is 35.1 Å². The number of hydroxylamine groups is 1. The number of benzene rings is 2. The van der Waals surface area contributed by atoms with Gasteiger partial charge in [0, 0.05) is 48.1 Å². The predicted octanol–water partition coefficient (Wildman–Crippen LogP) is 3.88. The summed E-state index contributed by atoms with van der Waals surface area (Å²) in [5, 5.41) is 20.4. The fraction of sp³-hybridized carbons (Fsp3) is 0.214. The van der Waals surface area contributed by atoms with E-state index in [0.717, 1.165) is 56.7 Å². The highest BCUT2D eigenvalue weighted by Crippen LogP contribution is 2.35. The molecule has 11 heteroatoms. The molecule has 1 aliphatic rings. The van der Waals surface area contributed by atoms with Crippen molar-refractivity contribution >= 4 is 50.3 Å². The van der Waals surface area contributed by atoms with Gasteiger partial charge in [0.25, 0.3) is 5.91 Å². The van der Waals surface area contributed by atoms with Gasteiger partial charge in [-0.05, 0) is 29.3 Å². The molecule has 198 valence electrons. The molecule has 0 atom stereocenters. The molecular formula is C28H27N7O3S. The highest BCUT2D eigenvalue weighted by Gasteiger charge is 2.21. The largest absolute Gasteiger partial charge is 0.378 e. The Kier molecular flexibility index (Phi) is 7.28. The predicted molar refractivity (Wildman–Crippen MR) is 151 cm³/mol. The normalized spacial score (nSPS) is 14.0. The van der Waals surface area contributed by atoms with Crippen molar-refractivity contribution < 1.29 is 14.7 Å². The molecule has 39 heavy (non-hydrogen) atoms. The highest BCUT2D eigenvalue weighted by molar-refractivity contribution is 7.19. The second-order valence-corrected chi connectivity index (χ2v) is 10.3. The van der Waals surface area contributed by atoms with Crippen LogP contribution in [0.25, 0.3) is 38.6 Å². The lowest BCUT2D eigenvalue weighted by Crippen LogP contribution is -2.36. The van der Waals surface area contributed by atoms with Gasteiger partial charge >= 0.3 is 0 Å². The van der Waals surface area contributed by atoms with Crippen LogP contribution in [-0.2, 0) is 22.6 Å². The molecule has 6 rings (SSSR count). The summed E-state index contributed by atoms with van der Waals surface area (Å²) in [4.78, 5) is 24.7. The van der Waals surface area contributed by atoms with Gasteiger partial charge in [-0.25, -0.2) is 15.4 Å². The summed E-state index contributed by atoms with van der Waals surface area (Å²) in [6.45, 7) is 4.35. The minimum absolute atomic E-state index is 0.559. The molecular weight excluding hydrogens is 514 g/mol. The lowest BCUT2D eigenvalue weighted by Gasteiger charge is -2.28. The van der Waals surface area contributed by atoms with Gasteiger partial charge in [0.1, 0.15) is 0 Å². The van der Waals surface area contributed by atoms with Gasteiger partial charge in [-0.1, -0.05) is 36.4 Å². The van der Waals surface area contributed by atoms with Crippen molar-refractivity contribution in [1.82, 2.24) is 31.0 Å². The van der Waals surface area contributed by atoms with E-state index < -0.39 is 5.91 Å². The van der Waals surface area contributed by atoms with Crippen LogP contribution in [0, 0.1) is 0 Å². The van der Waals surface area contributed by atoms with Crippen molar-refractivity contribution in [1.29, 1.82) is 0 Å². The Bertz CT molecular complexity index is 1640. The van der Waals surface area contributed by atoms with E-state index in [2.05, 4.69) is 26.5 Å². The number of rotatable bonds is 8. The molecule has 2 aromatic carbocycles. The molecule has 1 aliphatic heterocycles. The van der Waals surface area contributed by atoms with Crippen molar-refractivity contribution in [3.63, 3.8) is 0 Å². The molecule has 1 amide bonds. The number of nitrogens with zero attached hydrogens (tertiary/aromatic N) is 4. The number of carbonyl (C=O) groups excluding carboxylic acids is 1. The van der Waals surface area contributed by atoms with E-state index >= 15 is 0 Å². The first kappa shape index (κ1) is 25.1. The van der Waals surface area contributed by atoms with Crippen LogP contribution in [0.1, 0.15) is 16.0 Å². The molecule has 1 saturated heterocycles. The van der Waals surface area contributed by atoms with Crippen LogP contribution >= 0.6 is 11.3 Å². The second kappa shape index (κ2) is 11.3. The molecule has 3 aromatic heterocycles. The number of H-pyrrole nitrogens is 1. The summed E-state index contributed by atoms with van der Waals surface area (Å²) in [7, 11) is 0. The number of ether oxygens (including phenoxy) is 1. The molecule has 0 radical (unpaired) electrons. The number of hydrogen-bond donors (Lipinski definition) is 4. The van der Waals surface area contributed by atoms with Gasteiger partial charge in [0.2, 0.25) is 0 Å². The van der Waals surface area contributed by atoms with Gasteiger partial charge in [-0.2, -0.15) is 5.10 Å². The van der Waals surface area contributed by atoms with Crippen LogP contribution in [0.3, 0.4) is 0 Å². The number of hydrogen-bond acceptors (Lipinski definition) is 9. The van der Waals surface area contributed by atoms with Gasteiger partial charge in [-0.3, -0.25) is 15.1 Å². The van der Waals surface area contributed by atoms with Crippen LogP contribution in [0.4, 0.5) is 5.82 Å². The molecule has 0 spiro atoms. The van der Waals surface area contributed by atoms with Crippen LogP contribution < -0.4 is 15.7 Å². The molecule has 10 nitrogen and oxygen atoms in total. The van der Waals surface area contributed by atoms with Gasteiger partial charge in [0.15, 0.2) is 11.6 Å². The quantitative estimate of drug-likeness (QED) is 0.132. The Balaban J connectivity index is 1.23. The fourth-order valence-electron chi connectivity index (χ4n) is 4.61. The Labute approximate surface area is 228 Å². The summed E-state index contributed by atoms with van der Waals surface area (Å²) >= 11 is 1.72. The summed E-state index contributed by atoms with van der Waals surface area (Å²) in [6, 6.07) is 16.1. The monoisotopic (exact) mass is 541 g/mol. The molecule has 4 N–H and O–H groups in total. The number of aromatic amines is 1. The number of fused-ring (bicyclic) bond motifs is 2. The number of anilines is 1. The molecule has 5 aromatic rings. The SMILES string of the molecule is O=C(C=Cc1ccc(CNCc2cc3nc(-c4cccc5[nH]ncc45)nc(N4CCOCC4)c3s2)cc1)NO. The minimum atomic E-state index is -0.559. The minimum Gasteiger partial charge on any atom is -0.378 e. The third-order valence-corrected chi connectivity index (χ3v) is 7.71. The molecule has 0 bridgehead atoms. The first-order chi connectivity index (χ1) is 19.2. The van der Waals surface area contributed by atoms with E-state index in [1.54, 1.807) is 22.9 Å². The van der Waals surface area contributed by atoms with E-state index in [4.69, 9.17) is 19.9 Å². The van der Waals surface area contributed by atoms with Crippen molar-refractivity contribution in [3.05, 3.63) is 76.8 Å². The Morgan fingerprint density at radius 1 is 1.13 bits per heavy atom. The number of carbonyl (C=O) groups is 1. The molecule has 1 fully saturated rings. The van der Waals surface area contributed by atoms with Gasteiger partial charge in [-0.15, -0.1) is 11.3 Å². The summed E-state index contributed by atoms with van der Waals surface area (Å²) < 4.78 is 6.68. The Hall–Kier alpha value is -4.16. The third kappa shape index (κ3) is 5.52. The van der Waals surface area contributed by atoms with Crippen LogP contribution in [0.5, 0.6) is 0 Å².